The first-order valence-electron chi connectivity index (χ1n) is 12.0. The molecule has 0 fully saturated rings. The second-order valence-corrected chi connectivity index (χ2v) is 8.99. The van der Waals surface area contributed by atoms with Crippen molar-refractivity contribution in [2.45, 2.75) is 6.61 Å². The zero-order valence-electron chi connectivity index (χ0n) is 20.9. The minimum Gasteiger partial charge on any atom is -0.493 e. The fourth-order valence-electron chi connectivity index (χ4n) is 4.04. The van der Waals surface area contributed by atoms with Crippen molar-refractivity contribution in [3.05, 3.63) is 125 Å². The highest BCUT2D eigenvalue weighted by Gasteiger charge is 2.15. The summed E-state index contributed by atoms with van der Waals surface area (Å²) in [4.78, 5) is 17.9. The summed E-state index contributed by atoms with van der Waals surface area (Å²) in [6.07, 6.45) is 1.47. The van der Waals surface area contributed by atoms with Gasteiger partial charge in [0.2, 0.25) is 0 Å². The number of carbonyl (C=O) groups is 1. The van der Waals surface area contributed by atoms with Crippen LogP contribution >= 0.6 is 11.6 Å². The number of nitrogens with one attached hydrogen (secondary N) is 1. The van der Waals surface area contributed by atoms with Crippen LogP contribution in [0.4, 0.5) is 4.39 Å². The van der Waals surface area contributed by atoms with Gasteiger partial charge in [0.15, 0.2) is 11.5 Å². The first kappa shape index (κ1) is 25.9. The Hall–Kier alpha value is -4.75. The standard InChI is InChI=1S/C31H23ClFN3O3/c1-38-29-16-21(15-26(32)30(29)39-19-20-11-13-23(33)14-12-20)18-34-36-31(37)25-17-28(22-7-3-2-4-8-22)35-27-10-6-5-9-24(25)27/h2-18H,19H2,1H3,(H,36,37)/b34-18+. The quantitative estimate of drug-likeness (QED) is 0.169. The van der Waals surface area contributed by atoms with Crippen LogP contribution in [0.15, 0.2) is 102 Å². The van der Waals surface area contributed by atoms with Gasteiger partial charge in [-0.05, 0) is 47.5 Å². The van der Waals surface area contributed by atoms with Crippen molar-refractivity contribution < 1.29 is 18.7 Å². The summed E-state index contributed by atoms with van der Waals surface area (Å²) >= 11 is 6.46. The number of para-hydroxylation sites is 1. The average Bonchev–Trinajstić information content (AvgIpc) is 2.97. The summed E-state index contributed by atoms with van der Waals surface area (Å²) in [6, 6.07) is 28.2. The number of aromatic nitrogens is 1. The maximum Gasteiger partial charge on any atom is 0.272 e. The number of nitrogens with zero attached hydrogens (tertiary/aromatic N) is 2. The molecule has 6 nitrogen and oxygen atoms in total. The molecule has 8 heteroatoms. The molecule has 39 heavy (non-hydrogen) atoms. The number of fused-ring (bicyclic) bond motifs is 1. The van der Waals surface area contributed by atoms with E-state index in [2.05, 4.69) is 10.5 Å². The van der Waals surface area contributed by atoms with E-state index in [1.165, 1.54) is 25.5 Å². The van der Waals surface area contributed by atoms with Crippen molar-refractivity contribution >= 4 is 34.6 Å². The van der Waals surface area contributed by atoms with Gasteiger partial charge in [0.25, 0.3) is 5.91 Å². The number of rotatable bonds is 8. The van der Waals surface area contributed by atoms with Gasteiger partial charge in [0.05, 0.1) is 35.1 Å². The third kappa shape index (κ3) is 6.05. The number of amides is 1. The molecular weight excluding hydrogens is 517 g/mol. The zero-order valence-corrected chi connectivity index (χ0v) is 21.7. The lowest BCUT2D eigenvalue weighted by Crippen LogP contribution is -2.18. The molecule has 5 rings (SSSR count). The van der Waals surface area contributed by atoms with E-state index < -0.39 is 0 Å². The lowest BCUT2D eigenvalue weighted by atomic mass is 10.0. The molecule has 0 spiro atoms. The van der Waals surface area contributed by atoms with Crippen LogP contribution in [0.5, 0.6) is 11.5 Å². The van der Waals surface area contributed by atoms with Crippen molar-refractivity contribution in [1.82, 2.24) is 10.4 Å². The molecule has 0 unspecified atom stereocenters. The van der Waals surface area contributed by atoms with Gasteiger partial charge in [-0.3, -0.25) is 4.79 Å². The van der Waals surface area contributed by atoms with Crippen LogP contribution < -0.4 is 14.9 Å². The molecule has 0 aliphatic rings. The van der Waals surface area contributed by atoms with Gasteiger partial charge >= 0.3 is 0 Å². The van der Waals surface area contributed by atoms with E-state index in [9.17, 15) is 9.18 Å². The third-order valence-electron chi connectivity index (χ3n) is 5.96. The first-order chi connectivity index (χ1) is 19.0. The number of hydrazone groups is 1. The number of carbonyl (C=O) groups excluding carboxylic acids is 1. The lowest BCUT2D eigenvalue weighted by molar-refractivity contribution is 0.0956. The normalized spacial score (nSPS) is 11.1. The van der Waals surface area contributed by atoms with Gasteiger partial charge in [0.1, 0.15) is 12.4 Å². The van der Waals surface area contributed by atoms with Crippen LogP contribution in [-0.2, 0) is 6.61 Å². The van der Waals surface area contributed by atoms with Crippen LogP contribution in [-0.4, -0.2) is 24.2 Å². The van der Waals surface area contributed by atoms with Crippen molar-refractivity contribution in [2.24, 2.45) is 5.10 Å². The number of halogens is 2. The smallest absolute Gasteiger partial charge is 0.272 e. The Morgan fingerprint density at radius 2 is 1.74 bits per heavy atom. The SMILES string of the molecule is COc1cc(/C=N/NC(=O)c2cc(-c3ccccc3)nc3ccccc23)cc(Cl)c1OCc1ccc(F)cc1. The number of pyridine rings is 1. The molecule has 0 saturated heterocycles. The molecule has 194 valence electrons. The zero-order chi connectivity index (χ0) is 27.2. The molecule has 0 bridgehead atoms. The topological polar surface area (TPSA) is 72.8 Å². The Bertz CT molecular complexity index is 1660. The molecule has 0 aliphatic heterocycles. The highest BCUT2D eigenvalue weighted by molar-refractivity contribution is 6.32. The summed E-state index contributed by atoms with van der Waals surface area (Å²) in [5.41, 5.74) is 6.73. The highest BCUT2D eigenvalue weighted by Crippen LogP contribution is 2.36. The molecule has 4 aromatic carbocycles. The van der Waals surface area contributed by atoms with Gasteiger partial charge in [0, 0.05) is 10.9 Å². The summed E-state index contributed by atoms with van der Waals surface area (Å²) in [5.74, 6) is 0.0459. The Morgan fingerprint density at radius 1 is 1.00 bits per heavy atom. The van der Waals surface area contributed by atoms with E-state index in [-0.39, 0.29) is 18.3 Å². The van der Waals surface area contributed by atoms with Gasteiger partial charge < -0.3 is 9.47 Å². The van der Waals surface area contributed by atoms with Crippen LogP contribution in [0.25, 0.3) is 22.2 Å². The number of hydrogen-bond donors (Lipinski definition) is 1. The van der Waals surface area contributed by atoms with E-state index in [1.54, 1.807) is 30.3 Å². The Balaban J connectivity index is 1.34. The van der Waals surface area contributed by atoms with Crippen LogP contribution in [0.1, 0.15) is 21.5 Å². The number of benzene rings is 4. The Labute approximate surface area is 229 Å². The van der Waals surface area contributed by atoms with Gasteiger partial charge in [-0.1, -0.05) is 72.3 Å². The molecule has 0 aliphatic carbocycles. The van der Waals surface area contributed by atoms with Crippen LogP contribution in [0, 0.1) is 5.82 Å². The second-order valence-electron chi connectivity index (χ2n) is 8.59. The van der Waals surface area contributed by atoms with Crippen molar-refractivity contribution in [3.63, 3.8) is 0 Å². The molecule has 5 aromatic rings. The summed E-state index contributed by atoms with van der Waals surface area (Å²) in [6.45, 7) is 0.185. The van der Waals surface area contributed by atoms with Gasteiger partial charge in [-0.2, -0.15) is 5.10 Å². The predicted octanol–water partition coefficient (Wildman–Crippen LogP) is 7.05. The molecule has 1 aromatic heterocycles. The van der Waals surface area contributed by atoms with E-state index in [0.29, 0.717) is 38.9 Å². The maximum absolute atomic E-state index is 13.2. The van der Waals surface area contributed by atoms with E-state index in [0.717, 1.165) is 16.5 Å². The second kappa shape index (κ2) is 11.8. The summed E-state index contributed by atoms with van der Waals surface area (Å²) < 4.78 is 24.4. The number of ether oxygens (including phenoxy) is 2. The maximum atomic E-state index is 13.2. The van der Waals surface area contributed by atoms with E-state index in [1.807, 2.05) is 54.6 Å². The Kier molecular flexibility index (Phi) is 7.80. The van der Waals surface area contributed by atoms with Crippen LogP contribution in [0.2, 0.25) is 5.02 Å². The van der Waals surface area contributed by atoms with Crippen molar-refractivity contribution in [2.75, 3.05) is 7.11 Å². The predicted molar refractivity (Wildman–Crippen MR) is 151 cm³/mol. The van der Waals surface area contributed by atoms with Crippen molar-refractivity contribution in [1.29, 1.82) is 0 Å². The highest BCUT2D eigenvalue weighted by atomic mass is 35.5. The molecule has 1 N–H and O–H groups in total. The van der Waals surface area contributed by atoms with Gasteiger partial charge in [-0.15, -0.1) is 0 Å². The van der Waals surface area contributed by atoms with Crippen LogP contribution in [0.3, 0.4) is 0 Å². The molecule has 0 atom stereocenters. The third-order valence-corrected chi connectivity index (χ3v) is 6.24. The average molecular weight is 540 g/mol. The fraction of sp³-hybridized carbons (Fsp3) is 0.0645. The minimum absolute atomic E-state index is 0.185. The molecule has 0 radical (unpaired) electrons. The summed E-state index contributed by atoms with van der Waals surface area (Å²) in [5, 5.41) is 5.16. The van der Waals surface area contributed by atoms with E-state index in [4.69, 9.17) is 26.1 Å². The Morgan fingerprint density at radius 3 is 2.51 bits per heavy atom. The minimum atomic E-state index is -0.376. The van der Waals surface area contributed by atoms with Gasteiger partial charge in [-0.25, -0.2) is 14.8 Å². The lowest BCUT2D eigenvalue weighted by Gasteiger charge is -2.13. The monoisotopic (exact) mass is 539 g/mol. The number of methoxy groups -OCH3 is 1. The molecule has 0 saturated carbocycles. The number of hydrogen-bond acceptors (Lipinski definition) is 5. The summed E-state index contributed by atoms with van der Waals surface area (Å²) in [7, 11) is 1.50. The molecule has 1 amide bonds. The van der Waals surface area contributed by atoms with Crippen molar-refractivity contribution in [3.8, 4) is 22.8 Å². The molecule has 1 heterocycles. The fourth-order valence-corrected chi connectivity index (χ4v) is 4.31. The molecular formula is C31H23ClFN3O3. The largest absolute Gasteiger partial charge is 0.493 e. The first-order valence-corrected chi connectivity index (χ1v) is 12.4. The van der Waals surface area contributed by atoms with E-state index >= 15 is 0 Å².